The maximum Gasteiger partial charge on any atom is 0.0754 e. The lowest BCUT2D eigenvalue weighted by molar-refractivity contribution is 0.658. The lowest BCUT2D eigenvalue weighted by atomic mass is 9.94. The van der Waals surface area contributed by atoms with Gasteiger partial charge in [0.2, 0.25) is 0 Å². The minimum Gasteiger partial charge on any atom is -0.308 e. The molecule has 0 fully saturated rings. The molecule has 0 aliphatic carbocycles. The average molecular weight is 254 g/mol. The van der Waals surface area contributed by atoms with Gasteiger partial charge in [-0.25, -0.2) is 0 Å². The van der Waals surface area contributed by atoms with Crippen molar-refractivity contribution < 1.29 is 0 Å². The van der Waals surface area contributed by atoms with E-state index in [1.54, 1.807) is 0 Å². The van der Waals surface area contributed by atoms with Crippen LogP contribution in [0, 0.1) is 13.8 Å². The van der Waals surface area contributed by atoms with Crippen LogP contribution in [-0.2, 0) is 6.42 Å². The molecule has 1 aromatic heterocycles. The highest BCUT2D eigenvalue weighted by molar-refractivity contribution is 5.39. The Balaban J connectivity index is 2.50. The van der Waals surface area contributed by atoms with Gasteiger partial charge in [0.25, 0.3) is 0 Å². The van der Waals surface area contributed by atoms with Crippen LogP contribution in [-0.4, -0.2) is 12.0 Å². The van der Waals surface area contributed by atoms with E-state index in [1.807, 2.05) is 19.3 Å². The zero-order valence-corrected chi connectivity index (χ0v) is 12.2. The summed E-state index contributed by atoms with van der Waals surface area (Å²) in [5.74, 6) is 0. The van der Waals surface area contributed by atoms with Crippen molar-refractivity contribution in [1.29, 1.82) is 0 Å². The van der Waals surface area contributed by atoms with Crippen molar-refractivity contribution in [2.45, 2.75) is 33.2 Å². The van der Waals surface area contributed by atoms with Crippen molar-refractivity contribution in [3.8, 4) is 0 Å². The molecule has 19 heavy (non-hydrogen) atoms. The third-order valence-corrected chi connectivity index (χ3v) is 3.61. The number of pyridine rings is 1. The van der Waals surface area contributed by atoms with Crippen LogP contribution in [0.15, 0.2) is 36.5 Å². The largest absolute Gasteiger partial charge is 0.308 e. The fourth-order valence-corrected chi connectivity index (χ4v) is 2.60. The van der Waals surface area contributed by atoms with Gasteiger partial charge in [0, 0.05) is 6.20 Å². The number of hydrogen-bond acceptors (Lipinski definition) is 2. The number of nitrogens with one attached hydrogen (secondary N) is 1. The number of rotatable bonds is 4. The van der Waals surface area contributed by atoms with Crippen molar-refractivity contribution >= 4 is 0 Å². The molecule has 0 aliphatic rings. The summed E-state index contributed by atoms with van der Waals surface area (Å²) in [6.07, 6.45) is 2.88. The normalized spacial score (nSPS) is 12.4. The highest BCUT2D eigenvalue weighted by atomic mass is 14.9. The SMILES string of the molecule is CCc1cccnc1C(NC)c1ccc(C)cc1C. The molecule has 2 aromatic rings. The van der Waals surface area contributed by atoms with E-state index in [0.717, 1.165) is 12.1 Å². The standard InChI is InChI=1S/C17H22N2/c1-5-14-7-6-10-19-16(14)17(18-4)15-9-8-12(2)11-13(15)3/h6-11,17-18H,5H2,1-4H3. The molecule has 0 radical (unpaired) electrons. The van der Waals surface area contributed by atoms with Crippen LogP contribution >= 0.6 is 0 Å². The second-order valence-corrected chi connectivity index (χ2v) is 4.98. The molecule has 1 N–H and O–H groups in total. The zero-order valence-electron chi connectivity index (χ0n) is 12.2. The first-order valence-electron chi connectivity index (χ1n) is 6.85. The van der Waals surface area contributed by atoms with Crippen molar-refractivity contribution in [3.05, 3.63) is 64.5 Å². The van der Waals surface area contributed by atoms with Crippen molar-refractivity contribution in [2.75, 3.05) is 7.05 Å². The Bertz CT molecular complexity index is 561. The summed E-state index contributed by atoms with van der Waals surface area (Å²) < 4.78 is 0. The topological polar surface area (TPSA) is 24.9 Å². The molecular weight excluding hydrogens is 232 g/mol. The Hall–Kier alpha value is -1.67. The summed E-state index contributed by atoms with van der Waals surface area (Å²) in [6, 6.07) is 10.9. The minimum absolute atomic E-state index is 0.164. The van der Waals surface area contributed by atoms with Gasteiger partial charge in [-0.2, -0.15) is 0 Å². The molecular formula is C17H22N2. The Kier molecular flexibility index (Phi) is 4.33. The molecule has 2 heteroatoms. The Morgan fingerprint density at radius 2 is 2.00 bits per heavy atom. The maximum absolute atomic E-state index is 4.60. The molecule has 1 aromatic carbocycles. The van der Waals surface area contributed by atoms with Crippen molar-refractivity contribution in [2.24, 2.45) is 0 Å². The summed E-state index contributed by atoms with van der Waals surface area (Å²) in [4.78, 5) is 4.60. The maximum atomic E-state index is 4.60. The first-order valence-corrected chi connectivity index (χ1v) is 6.85. The number of aryl methyl sites for hydroxylation is 3. The fourth-order valence-electron chi connectivity index (χ4n) is 2.60. The van der Waals surface area contributed by atoms with E-state index in [-0.39, 0.29) is 6.04 Å². The highest BCUT2D eigenvalue weighted by Gasteiger charge is 2.17. The van der Waals surface area contributed by atoms with E-state index >= 15 is 0 Å². The lowest BCUT2D eigenvalue weighted by Gasteiger charge is -2.21. The Morgan fingerprint density at radius 3 is 2.63 bits per heavy atom. The van der Waals surface area contributed by atoms with Gasteiger partial charge in [-0.3, -0.25) is 4.98 Å². The minimum atomic E-state index is 0.164. The lowest BCUT2D eigenvalue weighted by Crippen LogP contribution is -2.21. The second kappa shape index (κ2) is 5.98. The molecule has 0 aliphatic heterocycles. The van der Waals surface area contributed by atoms with Crippen LogP contribution in [0.4, 0.5) is 0 Å². The molecule has 1 unspecified atom stereocenters. The van der Waals surface area contributed by atoms with Crippen LogP contribution in [0.3, 0.4) is 0 Å². The van der Waals surface area contributed by atoms with E-state index in [1.165, 1.54) is 22.3 Å². The number of benzene rings is 1. The molecule has 1 atom stereocenters. The van der Waals surface area contributed by atoms with Crippen LogP contribution in [0.1, 0.15) is 40.9 Å². The first-order chi connectivity index (χ1) is 9.17. The molecule has 0 spiro atoms. The monoisotopic (exact) mass is 254 g/mol. The quantitative estimate of drug-likeness (QED) is 0.902. The Morgan fingerprint density at radius 1 is 1.21 bits per heavy atom. The van der Waals surface area contributed by atoms with E-state index < -0.39 is 0 Å². The summed E-state index contributed by atoms with van der Waals surface area (Å²) >= 11 is 0. The van der Waals surface area contributed by atoms with Gasteiger partial charge < -0.3 is 5.32 Å². The summed E-state index contributed by atoms with van der Waals surface area (Å²) in [6.45, 7) is 6.47. The fraction of sp³-hybridized carbons (Fsp3) is 0.353. The summed E-state index contributed by atoms with van der Waals surface area (Å²) in [5.41, 5.74) is 6.36. The first kappa shape index (κ1) is 13.8. The molecule has 1 heterocycles. The molecule has 100 valence electrons. The molecule has 2 nitrogen and oxygen atoms in total. The predicted octanol–water partition coefficient (Wildman–Crippen LogP) is 3.57. The molecule has 0 saturated heterocycles. The number of hydrogen-bond donors (Lipinski definition) is 1. The molecule has 0 bridgehead atoms. The zero-order chi connectivity index (χ0) is 13.8. The third-order valence-electron chi connectivity index (χ3n) is 3.61. The van der Waals surface area contributed by atoms with Crippen LogP contribution in [0.5, 0.6) is 0 Å². The van der Waals surface area contributed by atoms with E-state index in [0.29, 0.717) is 0 Å². The number of nitrogens with zero attached hydrogens (tertiary/aromatic N) is 1. The van der Waals surface area contributed by atoms with Crippen molar-refractivity contribution in [3.63, 3.8) is 0 Å². The predicted molar refractivity (Wildman–Crippen MR) is 80.4 cm³/mol. The van der Waals surface area contributed by atoms with Gasteiger partial charge in [-0.1, -0.05) is 36.8 Å². The van der Waals surface area contributed by atoms with E-state index in [2.05, 4.69) is 55.3 Å². The van der Waals surface area contributed by atoms with Gasteiger partial charge in [-0.15, -0.1) is 0 Å². The van der Waals surface area contributed by atoms with Crippen LogP contribution in [0.2, 0.25) is 0 Å². The Labute approximate surface area is 115 Å². The van der Waals surface area contributed by atoms with Gasteiger partial charge in [0.05, 0.1) is 11.7 Å². The van der Waals surface area contributed by atoms with Gasteiger partial charge in [-0.05, 0) is 50.1 Å². The molecule has 2 rings (SSSR count). The third kappa shape index (κ3) is 2.85. The van der Waals surface area contributed by atoms with Gasteiger partial charge in [0.1, 0.15) is 0 Å². The second-order valence-electron chi connectivity index (χ2n) is 4.98. The van der Waals surface area contributed by atoms with Crippen molar-refractivity contribution in [1.82, 2.24) is 10.3 Å². The molecule has 0 amide bonds. The summed E-state index contributed by atoms with van der Waals surface area (Å²) in [7, 11) is 2.00. The molecule has 0 saturated carbocycles. The van der Waals surface area contributed by atoms with Crippen LogP contribution < -0.4 is 5.32 Å². The highest BCUT2D eigenvalue weighted by Crippen LogP contribution is 2.26. The smallest absolute Gasteiger partial charge is 0.0754 e. The van der Waals surface area contributed by atoms with E-state index in [9.17, 15) is 0 Å². The summed E-state index contributed by atoms with van der Waals surface area (Å²) in [5, 5.41) is 3.41. The van der Waals surface area contributed by atoms with Gasteiger partial charge >= 0.3 is 0 Å². The van der Waals surface area contributed by atoms with E-state index in [4.69, 9.17) is 0 Å². The number of aromatic nitrogens is 1. The van der Waals surface area contributed by atoms with Crippen LogP contribution in [0.25, 0.3) is 0 Å². The van der Waals surface area contributed by atoms with Gasteiger partial charge in [0.15, 0.2) is 0 Å². The average Bonchev–Trinajstić information content (AvgIpc) is 2.42.